The van der Waals surface area contributed by atoms with Crippen LogP contribution in [0.4, 0.5) is 11.4 Å². The highest BCUT2D eigenvalue weighted by Crippen LogP contribution is 2.39. The minimum atomic E-state index is -0.664. The number of carbonyl (C=O) groups excluding carboxylic acids is 2. The predicted molar refractivity (Wildman–Crippen MR) is 116 cm³/mol. The number of halogens is 3. The lowest BCUT2D eigenvalue weighted by molar-refractivity contribution is -0.118. The standard InChI is InChI=1S/C20H16Cl3N3O3/c1-3-29-20(28)12-4-6-14(7-5-12)24-10-15-11(2)25-26(19(15)27)18-16(22)8-13(21)9-17(18)23/h4-10,15H,3H2,1-2H3. The predicted octanol–water partition coefficient (Wildman–Crippen LogP) is 5.56. The summed E-state index contributed by atoms with van der Waals surface area (Å²) in [4.78, 5) is 28.9. The third-order valence-electron chi connectivity index (χ3n) is 4.13. The van der Waals surface area contributed by atoms with Gasteiger partial charge in [0.05, 0.1) is 33.6 Å². The fourth-order valence-electron chi connectivity index (χ4n) is 2.71. The summed E-state index contributed by atoms with van der Waals surface area (Å²) in [7, 11) is 0. The zero-order valence-corrected chi connectivity index (χ0v) is 17.8. The lowest BCUT2D eigenvalue weighted by atomic mass is 10.1. The van der Waals surface area contributed by atoms with Gasteiger partial charge in [-0.05, 0) is 50.2 Å². The summed E-state index contributed by atoms with van der Waals surface area (Å²) in [6.45, 7) is 3.77. The topological polar surface area (TPSA) is 71.3 Å². The Morgan fingerprint density at radius 2 is 1.83 bits per heavy atom. The van der Waals surface area contributed by atoms with E-state index in [4.69, 9.17) is 39.5 Å². The zero-order valence-electron chi connectivity index (χ0n) is 15.5. The SMILES string of the molecule is CCOC(=O)c1ccc(N=CC2C(=O)N(c3c(Cl)cc(Cl)cc3Cl)N=C2C)cc1. The highest BCUT2D eigenvalue weighted by Gasteiger charge is 2.35. The molecule has 2 aromatic carbocycles. The second-order valence-electron chi connectivity index (χ2n) is 6.13. The molecule has 0 aliphatic carbocycles. The molecule has 0 spiro atoms. The maximum Gasteiger partial charge on any atom is 0.338 e. The van der Waals surface area contributed by atoms with Crippen molar-refractivity contribution in [1.29, 1.82) is 0 Å². The zero-order chi connectivity index (χ0) is 21.1. The van der Waals surface area contributed by atoms with Gasteiger partial charge < -0.3 is 4.74 Å². The molecule has 0 bridgehead atoms. The molecule has 1 heterocycles. The molecule has 0 N–H and O–H groups in total. The Balaban J connectivity index is 1.79. The Morgan fingerprint density at radius 1 is 1.21 bits per heavy atom. The number of nitrogens with zero attached hydrogens (tertiary/aromatic N) is 3. The average molecular weight is 453 g/mol. The number of hydrazone groups is 1. The summed E-state index contributed by atoms with van der Waals surface area (Å²) >= 11 is 18.3. The van der Waals surface area contributed by atoms with Gasteiger partial charge in [-0.25, -0.2) is 4.79 Å². The third kappa shape index (κ3) is 4.61. The van der Waals surface area contributed by atoms with Crippen LogP contribution in [0.2, 0.25) is 15.1 Å². The van der Waals surface area contributed by atoms with Gasteiger partial charge in [-0.2, -0.15) is 10.1 Å². The fraction of sp³-hybridized carbons (Fsp3) is 0.200. The molecule has 6 nitrogen and oxygen atoms in total. The van der Waals surface area contributed by atoms with Crippen molar-refractivity contribution in [2.45, 2.75) is 13.8 Å². The number of benzene rings is 2. The molecular formula is C20H16Cl3N3O3. The molecule has 9 heteroatoms. The first kappa shape index (κ1) is 21.3. The van der Waals surface area contributed by atoms with E-state index in [1.807, 2.05) is 0 Å². The second-order valence-corrected chi connectivity index (χ2v) is 7.38. The largest absolute Gasteiger partial charge is 0.462 e. The molecule has 3 rings (SSSR count). The molecule has 0 aromatic heterocycles. The lowest BCUT2D eigenvalue weighted by Crippen LogP contribution is -2.28. The van der Waals surface area contributed by atoms with Gasteiger partial charge >= 0.3 is 5.97 Å². The Kier molecular flexibility index (Phi) is 6.57. The van der Waals surface area contributed by atoms with Crippen LogP contribution in [0.25, 0.3) is 0 Å². The van der Waals surface area contributed by atoms with E-state index in [0.29, 0.717) is 28.6 Å². The molecule has 150 valence electrons. The molecule has 1 aliphatic rings. The van der Waals surface area contributed by atoms with Crippen molar-refractivity contribution in [1.82, 2.24) is 0 Å². The van der Waals surface area contributed by atoms with Gasteiger partial charge in [0.15, 0.2) is 0 Å². The van der Waals surface area contributed by atoms with Crippen LogP contribution in [-0.2, 0) is 9.53 Å². The number of carbonyl (C=O) groups is 2. The van der Waals surface area contributed by atoms with Gasteiger partial charge in [-0.3, -0.25) is 9.79 Å². The molecule has 1 aliphatic heterocycles. The van der Waals surface area contributed by atoms with Crippen molar-refractivity contribution < 1.29 is 14.3 Å². The molecule has 2 aromatic rings. The summed E-state index contributed by atoms with van der Waals surface area (Å²) in [5.41, 5.74) is 1.83. The van der Waals surface area contributed by atoms with Gasteiger partial charge in [0.1, 0.15) is 11.6 Å². The Labute approximate surface area is 182 Å². The highest BCUT2D eigenvalue weighted by molar-refractivity contribution is 6.43. The summed E-state index contributed by atoms with van der Waals surface area (Å²) in [5, 5.41) is 6.25. The minimum absolute atomic E-state index is 0.222. The molecule has 0 fully saturated rings. The van der Waals surface area contributed by atoms with Gasteiger partial charge in [-0.1, -0.05) is 34.8 Å². The maximum absolute atomic E-state index is 12.9. The van der Waals surface area contributed by atoms with Crippen LogP contribution in [0.1, 0.15) is 24.2 Å². The summed E-state index contributed by atoms with van der Waals surface area (Å²) in [6.07, 6.45) is 1.50. The quantitative estimate of drug-likeness (QED) is 0.440. The molecule has 0 saturated carbocycles. The first-order valence-electron chi connectivity index (χ1n) is 8.66. The van der Waals surface area contributed by atoms with Crippen molar-refractivity contribution in [3.05, 3.63) is 57.0 Å². The molecule has 1 atom stereocenters. The van der Waals surface area contributed by atoms with Crippen LogP contribution >= 0.6 is 34.8 Å². The smallest absolute Gasteiger partial charge is 0.338 e. The number of aliphatic imine (C=N–C) groups is 1. The fourth-order valence-corrected chi connectivity index (χ4v) is 3.68. The van der Waals surface area contributed by atoms with Crippen LogP contribution < -0.4 is 5.01 Å². The van der Waals surface area contributed by atoms with E-state index in [2.05, 4.69) is 10.1 Å². The van der Waals surface area contributed by atoms with Crippen molar-refractivity contribution in [2.24, 2.45) is 16.0 Å². The molecule has 0 radical (unpaired) electrons. The number of esters is 1. The van der Waals surface area contributed by atoms with Gasteiger partial charge in [0, 0.05) is 11.2 Å². The van der Waals surface area contributed by atoms with E-state index in [1.54, 1.807) is 38.1 Å². The number of ether oxygens (including phenoxy) is 1. The molecule has 0 saturated heterocycles. The highest BCUT2D eigenvalue weighted by atomic mass is 35.5. The Hall–Kier alpha value is -2.41. The number of rotatable bonds is 5. The first-order chi connectivity index (χ1) is 13.8. The van der Waals surface area contributed by atoms with Crippen LogP contribution in [0.5, 0.6) is 0 Å². The molecule has 1 unspecified atom stereocenters. The van der Waals surface area contributed by atoms with Crippen molar-refractivity contribution in [3.63, 3.8) is 0 Å². The van der Waals surface area contributed by atoms with E-state index < -0.39 is 11.9 Å². The number of hydrogen-bond acceptors (Lipinski definition) is 5. The van der Waals surface area contributed by atoms with Crippen LogP contribution in [0, 0.1) is 5.92 Å². The molecular weight excluding hydrogens is 437 g/mol. The van der Waals surface area contributed by atoms with Crippen LogP contribution in [0.3, 0.4) is 0 Å². The van der Waals surface area contributed by atoms with E-state index in [1.165, 1.54) is 18.3 Å². The molecule has 1 amide bonds. The number of amides is 1. The summed E-state index contributed by atoms with van der Waals surface area (Å²) in [5.74, 6) is -1.40. The van der Waals surface area contributed by atoms with Crippen LogP contribution in [0.15, 0.2) is 46.5 Å². The van der Waals surface area contributed by atoms with Gasteiger partial charge in [-0.15, -0.1) is 0 Å². The summed E-state index contributed by atoms with van der Waals surface area (Å²) in [6, 6.07) is 9.55. The second kappa shape index (κ2) is 8.95. The van der Waals surface area contributed by atoms with E-state index in [-0.39, 0.29) is 21.6 Å². The Morgan fingerprint density at radius 3 is 2.41 bits per heavy atom. The minimum Gasteiger partial charge on any atom is -0.462 e. The van der Waals surface area contributed by atoms with Crippen molar-refractivity contribution in [3.8, 4) is 0 Å². The maximum atomic E-state index is 12.9. The lowest BCUT2D eigenvalue weighted by Gasteiger charge is -2.16. The van der Waals surface area contributed by atoms with Crippen LogP contribution in [-0.4, -0.2) is 30.4 Å². The normalized spacial score (nSPS) is 16.4. The average Bonchev–Trinajstić information content (AvgIpc) is 2.93. The monoisotopic (exact) mass is 451 g/mol. The molecule has 29 heavy (non-hydrogen) atoms. The van der Waals surface area contributed by atoms with Crippen molar-refractivity contribution in [2.75, 3.05) is 11.6 Å². The van der Waals surface area contributed by atoms with Gasteiger partial charge in [0.25, 0.3) is 5.91 Å². The van der Waals surface area contributed by atoms with E-state index in [9.17, 15) is 9.59 Å². The summed E-state index contributed by atoms with van der Waals surface area (Å²) < 4.78 is 4.94. The number of hydrogen-bond donors (Lipinski definition) is 0. The number of anilines is 1. The van der Waals surface area contributed by atoms with E-state index in [0.717, 1.165) is 5.01 Å². The third-order valence-corrected chi connectivity index (χ3v) is 4.92. The first-order valence-corrected chi connectivity index (χ1v) is 9.80. The van der Waals surface area contributed by atoms with E-state index >= 15 is 0 Å². The Bertz CT molecular complexity index is 996. The van der Waals surface area contributed by atoms with Crippen molar-refractivity contribution >= 4 is 70.0 Å². The van der Waals surface area contributed by atoms with Gasteiger partial charge in [0.2, 0.25) is 0 Å².